The summed E-state index contributed by atoms with van der Waals surface area (Å²) in [6.07, 6.45) is 8.53. The number of carbonyl (C=O) groups is 1. The Hall–Kier alpha value is -3.29. The zero-order valence-electron chi connectivity index (χ0n) is 13.6. The Balaban J connectivity index is 1.57. The number of rotatable bonds is 5. The molecule has 3 aromatic rings. The molecule has 25 heavy (non-hydrogen) atoms. The van der Waals surface area contributed by atoms with Gasteiger partial charge in [0.2, 0.25) is 0 Å². The molecule has 1 aliphatic carbocycles. The van der Waals surface area contributed by atoms with Crippen LogP contribution in [0.2, 0.25) is 0 Å². The molecule has 2 aromatic heterocycles. The van der Waals surface area contributed by atoms with Crippen LogP contribution in [-0.2, 0) is 0 Å². The lowest BCUT2D eigenvalue weighted by Gasteiger charge is -2.12. The Morgan fingerprint density at radius 1 is 1.20 bits per heavy atom. The molecule has 0 aliphatic heterocycles. The van der Waals surface area contributed by atoms with Gasteiger partial charge in [0.05, 0.1) is 24.0 Å². The number of nitrogens with one attached hydrogen (secondary N) is 1. The monoisotopic (exact) mass is 336 g/mol. The van der Waals surface area contributed by atoms with Gasteiger partial charge in [-0.25, -0.2) is 9.97 Å². The molecule has 1 N–H and O–H groups in total. The lowest BCUT2D eigenvalue weighted by Crippen LogP contribution is -2.14. The number of amides is 1. The predicted octanol–water partition coefficient (Wildman–Crippen LogP) is 2.20. The van der Waals surface area contributed by atoms with E-state index in [1.54, 1.807) is 48.9 Å². The lowest BCUT2D eigenvalue weighted by atomic mass is 10.2. The molecule has 0 saturated heterocycles. The van der Waals surface area contributed by atoms with Crippen molar-refractivity contribution in [2.45, 2.75) is 18.8 Å². The highest BCUT2D eigenvalue weighted by Crippen LogP contribution is 2.37. The second-order valence-electron chi connectivity index (χ2n) is 5.81. The number of nitrogens with zero attached hydrogens (tertiary/aromatic N) is 5. The lowest BCUT2D eigenvalue weighted by molar-refractivity contribution is 0.102. The third kappa shape index (κ3) is 3.18. The zero-order chi connectivity index (χ0) is 17.2. The zero-order valence-corrected chi connectivity index (χ0v) is 13.6. The molecule has 4 rings (SSSR count). The number of benzene rings is 1. The van der Waals surface area contributed by atoms with Crippen LogP contribution in [0.15, 0.2) is 43.2 Å². The summed E-state index contributed by atoms with van der Waals surface area (Å²) >= 11 is 0. The van der Waals surface area contributed by atoms with Crippen LogP contribution in [0, 0.1) is 0 Å². The normalized spacial score (nSPS) is 13.5. The maximum atomic E-state index is 12.5. The van der Waals surface area contributed by atoms with Gasteiger partial charge in [-0.3, -0.25) is 9.36 Å². The van der Waals surface area contributed by atoms with Crippen molar-refractivity contribution in [3.05, 3.63) is 54.6 Å². The van der Waals surface area contributed by atoms with Crippen molar-refractivity contribution >= 4 is 11.6 Å². The van der Waals surface area contributed by atoms with Gasteiger partial charge in [0.1, 0.15) is 24.2 Å². The molecular formula is C17H16N6O2. The first-order valence-corrected chi connectivity index (χ1v) is 7.91. The molecule has 126 valence electrons. The topological polar surface area (TPSA) is 94.8 Å². The van der Waals surface area contributed by atoms with Crippen LogP contribution < -0.4 is 10.1 Å². The quantitative estimate of drug-likeness (QED) is 0.767. The van der Waals surface area contributed by atoms with Gasteiger partial charge in [0.15, 0.2) is 0 Å². The Kier molecular flexibility index (Phi) is 3.85. The van der Waals surface area contributed by atoms with E-state index in [2.05, 4.69) is 25.5 Å². The van der Waals surface area contributed by atoms with Gasteiger partial charge >= 0.3 is 0 Å². The summed E-state index contributed by atoms with van der Waals surface area (Å²) < 4.78 is 7.07. The second-order valence-corrected chi connectivity index (χ2v) is 5.81. The van der Waals surface area contributed by atoms with Crippen molar-refractivity contribution in [2.24, 2.45) is 0 Å². The van der Waals surface area contributed by atoms with E-state index in [0.29, 0.717) is 22.9 Å². The molecular weight excluding hydrogens is 320 g/mol. The summed E-state index contributed by atoms with van der Waals surface area (Å²) in [5, 5.41) is 10.4. The first-order valence-electron chi connectivity index (χ1n) is 7.91. The van der Waals surface area contributed by atoms with E-state index in [4.69, 9.17) is 4.74 Å². The fourth-order valence-electron chi connectivity index (χ4n) is 2.49. The number of carbonyl (C=O) groups excluding carboxylic acids is 1. The average Bonchev–Trinajstić information content (AvgIpc) is 3.36. The molecule has 1 amide bonds. The molecule has 8 nitrogen and oxygen atoms in total. The van der Waals surface area contributed by atoms with Gasteiger partial charge in [0.25, 0.3) is 5.91 Å². The van der Waals surface area contributed by atoms with Crippen molar-refractivity contribution in [3.8, 4) is 11.4 Å². The largest absolute Gasteiger partial charge is 0.495 e. The van der Waals surface area contributed by atoms with Gasteiger partial charge < -0.3 is 10.1 Å². The van der Waals surface area contributed by atoms with E-state index in [0.717, 1.165) is 24.4 Å². The minimum absolute atomic E-state index is 0.290. The van der Waals surface area contributed by atoms with Gasteiger partial charge in [-0.15, -0.1) is 10.2 Å². The van der Waals surface area contributed by atoms with Crippen LogP contribution >= 0.6 is 0 Å². The van der Waals surface area contributed by atoms with Crippen molar-refractivity contribution < 1.29 is 9.53 Å². The van der Waals surface area contributed by atoms with Crippen molar-refractivity contribution in [1.82, 2.24) is 24.7 Å². The minimum atomic E-state index is -0.290. The van der Waals surface area contributed by atoms with Crippen LogP contribution in [0.1, 0.15) is 34.9 Å². The first-order chi connectivity index (χ1) is 12.2. The van der Waals surface area contributed by atoms with E-state index in [1.807, 2.05) is 6.07 Å². The summed E-state index contributed by atoms with van der Waals surface area (Å²) in [7, 11) is 1.55. The molecule has 0 spiro atoms. The van der Waals surface area contributed by atoms with E-state index in [-0.39, 0.29) is 5.91 Å². The minimum Gasteiger partial charge on any atom is -0.495 e. The maximum absolute atomic E-state index is 12.5. The van der Waals surface area contributed by atoms with Crippen LogP contribution in [-0.4, -0.2) is 37.7 Å². The highest BCUT2D eigenvalue weighted by Gasteiger charge is 2.26. The third-order valence-electron chi connectivity index (χ3n) is 4.02. The molecule has 1 aromatic carbocycles. The number of aromatic nitrogens is 5. The van der Waals surface area contributed by atoms with E-state index >= 15 is 0 Å². The summed E-state index contributed by atoms with van der Waals surface area (Å²) in [5.74, 6) is 1.53. The molecule has 1 saturated carbocycles. The summed E-state index contributed by atoms with van der Waals surface area (Å²) in [6, 6.07) is 5.42. The van der Waals surface area contributed by atoms with Crippen molar-refractivity contribution in [3.63, 3.8) is 0 Å². The second kappa shape index (κ2) is 6.31. The SMILES string of the molecule is COc1ccc(-n2cnnc2)cc1NC(=O)c1cnc(C2CC2)nc1. The summed E-state index contributed by atoms with van der Waals surface area (Å²) in [5.41, 5.74) is 1.76. The Morgan fingerprint density at radius 2 is 1.92 bits per heavy atom. The van der Waals surface area contributed by atoms with Crippen LogP contribution in [0.5, 0.6) is 5.75 Å². The number of hydrogen-bond acceptors (Lipinski definition) is 6. The van der Waals surface area contributed by atoms with E-state index in [1.165, 1.54) is 0 Å². The molecule has 8 heteroatoms. The molecule has 0 atom stereocenters. The van der Waals surface area contributed by atoms with Gasteiger partial charge in [-0.2, -0.15) is 0 Å². The van der Waals surface area contributed by atoms with Crippen LogP contribution in [0.4, 0.5) is 5.69 Å². The molecule has 0 radical (unpaired) electrons. The Bertz CT molecular complexity index is 888. The van der Waals surface area contributed by atoms with E-state index in [9.17, 15) is 4.79 Å². The molecule has 2 heterocycles. The number of methoxy groups -OCH3 is 1. The number of ether oxygens (including phenoxy) is 1. The highest BCUT2D eigenvalue weighted by molar-refractivity contribution is 6.04. The Labute approximate surface area is 143 Å². The predicted molar refractivity (Wildman–Crippen MR) is 89.9 cm³/mol. The number of hydrogen-bond donors (Lipinski definition) is 1. The summed E-state index contributed by atoms with van der Waals surface area (Å²) in [4.78, 5) is 21.1. The Morgan fingerprint density at radius 3 is 2.56 bits per heavy atom. The van der Waals surface area contributed by atoms with Crippen LogP contribution in [0.25, 0.3) is 5.69 Å². The first kappa shape index (κ1) is 15.3. The fourth-order valence-corrected chi connectivity index (χ4v) is 2.49. The van der Waals surface area contributed by atoms with Gasteiger partial charge in [-0.1, -0.05) is 0 Å². The molecule has 1 fully saturated rings. The average molecular weight is 336 g/mol. The molecule has 0 bridgehead atoms. The molecule has 1 aliphatic rings. The number of anilines is 1. The third-order valence-corrected chi connectivity index (χ3v) is 4.02. The highest BCUT2D eigenvalue weighted by atomic mass is 16.5. The van der Waals surface area contributed by atoms with Crippen molar-refractivity contribution in [1.29, 1.82) is 0 Å². The van der Waals surface area contributed by atoms with Crippen LogP contribution in [0.3, 0.4) is 0 Å². The fraction of sp³-hybridized carbons (Fsp3) is 0.235. The standard InChI is InChI=1S/C17H16N6O2/c1-25-15-5-4-13(23-9-20-21-10-23)6-14(15)22-17(24)12-7-18-16(19-8-12)11-2-3-11/h4-11H,2-3H2,1H3,(H,22,24). The van der Waals surface area contributed by atoms with Crippen molar-refractivity contribution in [2.75, 3.05) is 12.4 Å². The maximum Gasteiger partial charge on any atom is 0.258 e. The molecule has 0 unspecified atom stereocenters. The van der Waals surface area contributed by atoms with E-state index < -0.39 is 0 Å². The smallest absolute Gasteiger partial charge is 0.258 e. The van der Waals surface area contributed by atoms with Gasteiger partial charge in [0, 0.05) is 18.3 Å². The summed E-state index contributed by atoms with van der Waals surface area (Å²) in [6.45, 7) is 0. The van der Waals surface area contributed by atoms with Gasteiger partial charge in [-0.05, 0) is 31.0 Å².